The SMILES string of the molecule is [N-]=[N+]=S1C=CC=CC=C1. The normalized spacial score (nSPS) is 17.3. The number of hydrogen-bond donors (Lipinski definition) is 0. The maximum absolute atomic E-state index is 8.32. The molecule has 9 heavy (non-hydrogen) atoms. The maximum Gasteiger partial charge on any atom is 0.208 e. The van der Waals surface area contributed by atoms with Gasteiger partial charge in [0.1, 0.15) is 0 Å². The molecule has 0 unspecified atom stereocenters. The molecule has 1 aliphatic rings. The van der Waals surface area contributed by atoms with Gasteiger partial charge in [-0.3, -0.25) is 0 Å². The topological polar surface area (TPSA) is 36.4 Å². The Hall–Kier alpha value is -0.920. The minimum absolute atomic E-state index is 0.412. The summed E-state index contributed by atoms with van der Waals surface area (Å²) < 4.78 is 3.12. The summed E-state index contributed by atoms with van der Waals surface area (Å²) in [4.78, 5) is 0. The quantitative estimate of drug-likeness (QED) is 0.359. The van der Waals surface area contributed by atoms with Gasteiger partial charge < -0.3 is 5.53 Å². The van der Waals surface area contributed by atoms with Crippen LogP contribution < -0.4 is 4.16 Å². The van der Waals surface area contributed by atoms with Crippen LogP contribution in [0.3, 0.4) is 0 Å². The molecular weight excluding hydrogens is 132 g/mol. The van der Waals surface area contributed by atoms with E-state index >= 15 is 0 Å². The summed E-state index contributed by atoms with van der Waals surface area (Å²) in [7, 11) is -0.412. The fraction of sp³-hybridized carbons (Fsp3) is 0. The lowest BCUT2D eigenvalue weighted by Crippen LogP contribution is -1.75. The molecule has 1 aliphatic heterocycles. The molecular formula is C6H6N2S. The van der Waals surface area contributed by atoms with Gasteiger partial charge in [0.2, 0.25) is 10.7 Å². The lowest BCUT2D eigenvalue weighted by atomic mass is 10.5. The molecule has 0 saturated carbocycles. The van der Waals surface area contributed by atoms with Crippen molar-refractivity contribution in [2.45, 2.75) is 0 Å². The number of hydrogen-bond acceptors (Lipinski definition) is 0. The Kier molecular flexibility index (Phi) is 2.19. The molecule has 0 saturated heterocycles. The van der Waals surface area contributed by atoms with E-state index in [2.05, 4.69) is 4.16 Å². The highest BCUT2D eigenvalue weighted by molar-refractivity contribution is 7.92. The molecule has 3 heteroatoms. The first kappa shape index (κ1) is 6.20. The predicted octanol–water partition coefficient (Wildman–Crippen LogP) is 1.47. The first-order valence-electron chi connectivity index (χ1n) is 2.52. The standard InChI is InChI=1S/C6H6N2S/c7-8-9-5-3-1-2-4-6-9/h1-6H. The third-order valence-corrected chi connectivity index (χ3v) is 1.92. The van der Waals surface area contributed by atoms with Crippen molar-refractivity contribution in [3.05, 3.63) is 40.7 Å². The van der Waals surface area contributed by atoms with Crippen LogP contribution in [0.15, 0.2) is 35.1 Å². The second kappa shape index (κ2) is 3.17. The molecule has 2 nitrogen and oxygen atoms in total. The molecule has 1 heterocycles. The minimum atomic E-state index is -0.412. The molecule has 0 fully saturated rings. The van der Waals surface area contributed by atoms with E-state index in [0.717, 1.165) is 0 Å². The van der Waals surface area contributed by atoms with E-state index < -0.39 is 10.7 Å². The summed E-state index contributed by atoms with van der Waals surface area (Å²) in [5, 5.41) is 3.67. The van der Waals surface area contributed by atoms with Gasteiger partial charge in [-0.1, -0.05) is 12.2 Å². The van der Waals surface area contributed by atoms with Crippen LogP contribution in [0.1, 0.15) is 0 Å². The molecule has 0 amide bonds. The van der Waals surface area contributed by atoms with Crippen LogP contribution in [-0.2, 0) is 10.7 Å². The van der Waals surface area contributed by atoms with E-state index in [9.17, 15) is 0 Å². The van der Waals surface area contributed by atoms with Crippen LogP contribution >= 0.6 is 0 Å². The second-order valence-electron chi connectivity index (χ2n) is 1.47. The lowest BCUT2D eigenvalue weighted by Gasteiger charge is -1.70. The third-order valence-electron chi connectivity index (χ3n) is 0.864. The summed E-state index contributed by atoms with van der Waals surface area (Å²) in [6, 6.07) is 0. The Morgan fingerprint density at radius 2 is 1.56 bits per heavy atom. The van der Waals surface area contributed by atoms with Gasteiger partial charge in [0, 0.05) is 10.8 Å². The van der Waals surface area contributed by atoms with E-state index in [1.54, 1.807) is 0 Å². The summed E-state index contributed by atoms with van der Waals surface area (Å²) >= 11 is 0. The summed E-state index contributed by atoms with van der Waals surface area (Å²) in [6.45, 7) is 0. The minimum Gasteiger partial charge on any atom is -0.350 e. The number of rotatable bonds is 0. The highest BCUT2D eigenvalue weighted by atomic mass is 32.2. The Bertz CT molecular complexity index is 213. The van der Waals surface area contributed by atoms with Crippen LogP contribution in [0.25, 0.3) is 5.53 Å². The van der Waals surface area contributed by atoms with Gasteiger partial charge in [0.15, 0.2) is 0 Å². The van der Waals surface area contributed by atoms with Crippen molar-refractivity contribution >= 4 is 10.7 Å². The van der Waals surface area contributed by atoms with Crippen molar-refractivity contribution in [2.24, 2.45) is 0 Å². The van der Waals surface area contributed by atoms with Crippen molar-refractivity contribution < 1.29 is 0 Å². The van der Waals surface area contributed by atoms with Gasteiger partial charge in [0.25, 0.3) is 0 Å². The third kappa shape index (κ3) is 1.80. The number of nitrogens with zero attached hydrogens (tertiary/aromatic N) is 2. The molecule has 0 aromatic heterocycles. The zero-order chi connectivity index (χ0) is 6.53. The molecule has 0 aromatic rings. The van der Waals surface area contributed by atoms with E-state index in [1.807, 2.05) is 35.1 Å². The summed E-state index contributed by atoms with van der Waals surface area (Å²) in [6.07, 6.45) is 7.52. The molecule has 0 aliphatic carbocycles. The van der Waals surface area contributed by atoms with E-state index in [0.29, 0.717) is 0 Å². The van der Waals surface area contributed by atoms with E-state index in [1.165, 1.54) is 0 Å². The van der Waals surface area contributed by atoms with Gasteiger partial charge in [0.05, 0.1) is 0 Å². The molecule has 1 rings (SSSR count). The van der Waals surface area contributed by atoms with Gasteiger partial charge in [-0.25, -0.2) is 0 Å². The fourth-order valence-corrected chi connectivity index (χ4v) is 1.18. The molecule has 0 radical (unpaired) electrons. The zero-order valence-electron chi connectivity index (χ0n) is 4.77. The van der Waals surface area contributed by atoms with Crippen LogP contribution in [0.4, 0.5) is 0 Å². The van der Waals surface area contributed by atoms with Crippen LogP contribution in [0.5, 0.6) is 0 Å². The van der Waals surface area contributed by atoms with Crippen LogP contribution in [0.2, 0.25) is 0 Å². The Balaban J connectivity index is 2.95. The highest BCUT2D eigenvalue weighted by Crippen LogP contribution is 1.94. The van der Waals surface area contributed by atoms with Crippen LogP contribution in [-0.4, -0.2) is 0 Å². The molecule has 0 N–H and O–H groups in total. The van der Waals surface area contributed by atoms with Crippen molar-refractivity contribution in [3.8, 4) is 0 Å². The average Bonchev–Trinajstić information content (AvgIpc) is 2.13. The van der Waals surface area contributed by atoms with Crippen molar-refractivity contribution in [2.75, 3.05) is 0 Å². The Morgan fingerprint density at radius 1 is 1.00 bits per heavy atom. The molecule has 0 spiro atoms. The smallest absolute Gasteiger partial charge is 0.208 e. The first-order chi connectivity index (χ1) is 4.43. The van der Waals surface area contributed by atoms with Gasteiger partial charge in [-0.15, -0.1) is 4.16 Å². The highest BCUT2D eigenvalue weighted by Gasteiger charge is 1.90. The number of allylic oxidation sites excluding steroid dienone is 4. The summed E-state index contributed by atoms with van der Waals surface area (Å²) in [5.74, 6) is 0. The second-order valence-corrected chi connectivity index (χ2v) is 2.87. The van der Waals surface area contributed by atoms with E-state index in [-0.39, 0.29) is 0 Å². The Morgan fingerprint density at radius 3 is 2.00 bits per heavy atom. The average molecular weight is 138 g/mol. The van der Waals surface area contributed by atoms with Crippen LogP contribution in [0, 0.1) is 0 Å². The molecule has 0 aromatic carbocycles. The maximum atomic E-state index is 8.32. The summed E-state index contributed by atoms with van der Waals surface area (Å²) in [5.41, 5.74) is 8.32. The van der Waals surface area contributed by atoms with Crippen molar-refractivity contribution in [3.63, 3.8) is 0 Å². The van der Waals surface area contributed by atoms with Gasteiger partial charge >= 0.3 is 0 Å². The predicted molar refractivity (Wildman–Crippen MR) is 40.3 cm³/mol. The first-order valence-corrected chi connectivity index (χ1v) is 3.83. The van der Waals surface area contributed by atoms with E-state index in [4.69, 9.17) is 5.53 Å². The molecule has 0 atom stereocenters. The van der Waals surface area contributed by atoms with Crippen molar-refractivity contribution in [1.29, 1.82) is 0 Å². The zero-order valence-corrected chi connectivity index (χ0v) is 5.58. The largest absolute Gasteiger partial charge is 0.350 e. The van der Waals surface area contributed by atoms with Gasteiger partial charge in [-0.2, -0.15) is 0 Å². The lowest BCUT2D eigenvalue weighted by molar-refractivity contribution is 1.71. The monoisotopic (exact) mass is 138 g/mol. The van der Waals surface area contributed by atoms with Gasteiger partial charge in [-0.05, 0) is 12.2 Å². The fourth-order valence-electron chi connectivity index (χ4n) is 0.480. The Labute approximate surface area is 56.2 Å². The molecule has 46 valence electrons. The van der Waals surface area contributed by atoms with Crippen molar-refractivity contribution in [1.82, 2.24) is 4.16 Å². The molecule has 0 bridgehead atoms.